The van der Waals surface area contributed by atoms with Gasteiger partial charge in [-0.2, -0.15) is 0 Å². The molecule has 3 heteroatoms. The van der Waals surface area contributed by atoms with Gasteiger partial charge in [0.1, 0.15) is 0 Å². The van der Waals surface area contributed by atoms with Gasteiger partial charge in [0, 0.05) is 12.5 Å². The molecule has 1 saturated heterocycles. The fourth-order valence-electron chi connectivity index (χ4n) is 2.64. The summed E-state index contributed by atoms with van der Waals surface area (Å²) < 4.78 is 0. The average molecular weight is 274 g/mol. The van der Waals surface area contributed by atoms with Crippen LogP contribution in [0.15, 0.2) is 30.3 Å². The first-order valence-electron chi connectivity index (χ1n) is 7.78. The van der Waals surface area contributed by atoms with E-state index in [9.17, 15) is 4.79 Å². The SMILES string of the molecule is CCC(C)C(=O)NC(CN1CCCC1)c1ccccc1. The number of hydrogen-bond donors (Lipinski definition) is 1. The highest BCUT2D eigenvalue weighted by molar-refractivity contribution is 5.78. The minimum Gasteiger partial charge on any atom is -0.348 e. The van der Waals surface area contributed by atoms with E-state index in [1.807, 2.05) is 25.1 Å². The number of amides is 1. The van der Waals surface area contributed by atoms with Gasteiger partial charge in [-0.25, -0.2) is 0 Å². The van der Waals surface area contributed by atoms with E-state index < -0.39 is 0 Å². The van der Waals surface area contributed by atoms with Crippen LogP contribution in [0.2, 0.25) is 0 Å². The van der Waals surface area contributed by atoms with Crippen LogP contribution >= 0.6 is 0 Å². The van der Waals surface area contributed by atoms with Crippen molar-refractivity contribution in [2.24, 2.45) is 5.92 Å². The monoisotopic (exact) mass is 274 g/mol. The highest BCUT2D eigenvalue weighted by Crippen LogP contribution is 2.18. The van der Waals surface area contributed by atoms with Gasteiger partial charge in [0.15, 0.2) is 0 Å². The normalized spacial score (nSPS) is 18.7. The van der Waals surface area contributed by atoms with Crippen molar-refractivity contribution in [1.82, 2.24) is 10.2 Å². The van der Waals surface area contributed by atoms with Gasteiger partial charge in [0.25, 0.3) is 0 Å². The van der Waals surface area contributed by atoms with E-state index in [1.54, 1.807) is 0 Å². The van der Waals surface area contributed by atoms with Crippen molar-refractivity contribution in [1.29, 1.82) is 0 Å². The zero-order chi connectivity index (χ0) is 14.4. The molecular weight excluding hydrogens is 248 g/mol. The molecule has 0 spiro atoms. The van der Waals surface area contributed by atoms with Crippen molar-refractivity contribution in [2.75, 3.05) is 19.6 Å². The fourth-order valence-corrected chi connectivity index (χ4v) is 2.64. The van der Waals surface area contributed by atoms with Crippen LogP contribution in [0.3, 0.4) is 0 Å². The molecule has 2 unspecified atom stereocenters. The van der Waals surface area contributed by atoms with Gasteiger partial charge in [0.05, 0.1) is 6.04 Å². The first-order chi connectivity index (χ1) is 9.70. The molecule has 110 valence electrons. The molecule has 1 aliphatic rings. The molecule has 3 nitrogen and oxygen atoms in total. The molecule has 0 saturated carbocycles. The van der Waals surface area contributed by atoms with Crippen LogP contribution in [-0.4, -0.2) is 30.4 Å². The van der Waals surface area contributed by atoms with Crippen molar-refractivity contribution in [3.8, 4) is 0 Å². The maximum absolute atomic E-state index is 12.2. The third kappa shape index (κ3) is 4.07. The van der Waals surface area contributed by atoms with E-state index in [1.165, 1.54) is 18.4 Å². The zero-order valence-electron chi connectivity index (χ0n) is 12.6. The Morgan fingerprint density at radius 2 is 1.90 bits per heavy atom. The number of benzene rings is 1. The number of nitrogens with one attached hydrogen (secondary N) is 1. The van der Waals surface area contributed by atoms with Crippen LogP contribution in [0.4, 0.5) is 0 Å². The lowest BCUT2D eigenvalue weighted by Crippen LogP contribution is -2.39. The van der Waals surface area contributed by atoms with E-state index in [2.05, 4.69) is 29.3 Å². The molecular formula is C17H26N2O. The minimum absolute atomic E-state index is 0.0831. The predicted molar refractivity (Wildman–Crippen MR) is 82.5 cm³/mol. The van der Waals surface area contributed by atoms with Crippen molar-refractivity contribution in [2.45, 2.75) is 39.2 Å². The molecule has 1 amide bonds. The highest BCUT2D eigenvalue weighted by Gasteiger charge is 2.22. The summed E-state index contributed by atoms with van der Waals surface area (Å²) in [5.74, 6) is 0.250. The van der Waals surface area contributed by atoms with Crippen LogP contribution in [0.5, 0.6) is 0 Å². The van der Waals surface area contributed by atoms with Gasteiger partial charge >= 0.3 is 0 Å². The second-order valence-corrected chi connectivity index (χ2v) is 5.79. The Morgan fingerprint density at radius 3 is 2.50 bits per heavy atom. The summed E-state index contributed by atoms with van der Waals surface area (Å²) in [7, 11) is 0. The molecule has 1 aromatic carbocycles. The van der Waals surface area contributed by atoms with Gasteiger partial charge in [-0.15, -0.1) is 0 Å². The third-order valence-electron chi connectivity index (χ3n) is 4.22. The van der Waals surface area contributed by atoms with Crippen LogP contribution in [-0.2, 0) is 4.79 Å². The Bertz CT molecular complexity index is 412. The fraction of sp³-hybridized carbons (Fsp3) is 0.588. The lowest BCUT2D eigenvalue weighted by Gasteiger charge is -2.26. The van der Waals surface area contributed by atoms with E-state index in [-0.39, 0.29) is 17.9 Å². The van der Waals surface area contributed by atoms with E-state index in [0.29, 0.717) is 0 Å². The summed E-state index contributed by atoms with van der Waals surface area (Å²) in [6, 6.07) is 10.4. The topological polar surface area (TPSA) is 32.3 Å². The third-order valence-corrected chi connectivity index (χ3v) is 4.22. The molecule has 2 atom stereocenters. The van der Waals surface area contributed by atoms with Crippen LogP contribution in [0.1, 0.15) is 44.7 Å². The van der Waals surface area contributed by atoms with Gasteiger partial charge in [-0.05, 0) is 37.9 Å². The second-order valence-electron chi connectivity index (χ2n) is 5.79. The zero-order valence-corrected chi connectivity index (χ0v) is 12.6. The molecule has 2 rings (SSSR count). The van der Waals surface area contributed by atoms with E-state index >= 15 is 0 Å². The van der Waals surface area contributed by atoms with Crippen LogP contribution < -0.4 is 5.32 Å². The predicted octanol–water partition coefficient (Wildman–Crippen LogP) is 2.99. The number of carbonyl (C=O) groups is 1. The van der Waals surface area contributed by atoms with Crippen LogP contribution in [0.25, 0.3) is 0 Å². The molecule has 0 radical (unpaired) electrons. The maximum Gasteiger partial charge on any atom is 0.223 e. The second kappa shape index (κ2) is 7.44. The van der Waals surface area contributed by atoms with Crippen molar-refractivity contribution in [3.63, 3.8) is 0 Å². The Labute approximate surface area is 122 Å². The molecule has 1 fully saturated rings. The quantitative estimate of drug-likeness (QED) is 0.865. The Balaban J connectivity index is 2.05. The summed E-state index contributed by atoms with van der Waals surface area (Å²) >= 11 is 0. The molecule has 0 aromatic heterocycles. The first-order valence-corrected chi connectivity index (χ1v) is 7.78. The largest absolute Gasteiger partial charge is 0.348 e. The average Bonchev–Trinajstić information content (AvgIpc) is 2.99. The lowest BCUT2D eigenvalue weighted by molar-refractivity contribution is -0.125. The number of likely N-dealkylation sites (tertiary alicyclic amines) is 1. The Morgan fingerprint density at radius 1 is 1.25 bits per heavy atom. The van der Waals surface area contributed by atoms with Crippen LogP contribution in [0, 0.1) is 5.92 Å². The Hall–Kier alpha value is -1.35. The van der Waals surface area contributed by atoms with Crippen molar-refractivity contribution < 1.29 is 4.79 Å². The highest BCUT2D eigenvalue weighted by atomic mass is 16.1. The molecule has 1 aromatic rings. The summed E-state index contributed by atoms with van der Waals surface area (Å²) in [6.45, 7) is 7.28. The first kappa shape index (κ1) is 15.0. The van der Waals surface area contributed by atoms with Crippen molar-refractivity contribution >= 4 is 5.91 Å². The molecule has 1 heterocycles. The van der Waals surface area contributed by atoms with Gasteiger partial charge in [-0.1, -0.05) is 44.2 Å². The summed E-state index contributed by atoms with van der Waals surface area (Å²) in [5.41, 5.74) is 1.20. The van der Waals surface area contributed by atoms with Gasteiger partial charge in [-0.3, -0.25) is 4.79 Å². The van der Waals surface area contributed by atoms with Gasteiger partial charge in [0.2, 0.25) is 5.91 Å². The summed E-state index contributed by atoms with van der Waals surface area (Å²) in [5, 5.41) is 3.23. The molecule has 1 N–H and O–H groups in total. The molecule has 0 bridgehead atoms. The smallest absolute Gasteiger partial charge is 0.223 e. The summed E-state index contributed by atoms with van der Waals surface area (Å²) in [6.07, 6.45) is 3.44. The number of nitrogens with zero attached hydrogens (tertiary/aromatic N) is 1. The number of carbonyl (C=O) groups excluding carboxylic acids is 1. The summed E-state index contributed by atoms with van der Waals surface area (Å²) in [4.78, 5) is 14.7. The Kier molecular flexibility index (Phi) is 5.60. The number of rotatable bonds is 6. The molecule has 1 aliphatic heterocycles. The van der Waals surface area contributed by atoms with Gasteiger partial charge < -0.3 is 10.2 Å². The lowest BCUT2D eigenvalue weighted by atomic mass is 10.0. The van der Waals surface area contributed by atoms with E-state index in [4.69, 9.17) is 0 Å². The molecule has 20 heavy (non-hydrogen) atoms. The van der Waals surface area contributed by atoms with E-state index in [0.717, 1.165) is 26.1 Å². The maximum atomic E-state index is 12.2. The minimum atomic E-state index is 0.0831. The standard InChI is InChI=1S/C17H26N2O/c1-3-14(2)17(20)18-16(13-19-11-7-8-12-19)15-9-5-4-6-10-15/h4-6,9-10,14,16H,3,7-8,11-13H2,1-2H3,(H,18,20). The number of hydrogen-bond acceptors (Lipinski definition) is 2. The van der Waals surface area contributed by atoms with Crippen molar-refractivity contribution in [3.05, 3.63) is 35.9 Å². The molecule has 0 aliphatic carbocycles.